The molecule has 0 bridgehead atoms. The lowest BCUT2D eigenvalue weighted by Crippen LogP contribution is -2.20. The Labute approximate surface area is 124 Å². The summed E-state index contributed by atoms with van der Waals surface area (Å²) >= 11 is 0. The Morgan fingerprint density at radius 3 is 2.52 bits per heavy atom. The normalized spacial score (nSPS) is 11.2. The quantitative estimate of drug-likeness (QED) is 0.607. The smallest absolute Gasteiger partial charge is 0.235 e. The van der Waals surface area contributed by atoms with Gasteiger partial charge >= 0.3 is 0 Å². The standard InChI is InChI=1S/C15H18N2O3S/c16-14-7-4-8-15(11-14)17-21(18,19)10-9-20-12-13-5-2-1-3-6-13/h1-8,11,17H,9-10,12,16H2. The van der Waals surface area contributed by atoms with Crippen molar-refractivity contribution in [3.05, 3.63) is 60.2 Å². The highest BCUT2D eigenvalue weighted by Gasteiger charge is 2.10. The largest absolute Gasteiger partial charge is 0.399 e. The molecule has 0 aliphatic heterocycles. The highest BCUT2D eigenvalue weighted by molar-refractivity contribution is 7.92. The summed E-state index contributed by atoms with van der Waals surface area (Å²) < 4.78 is 31.6. The Hall–Kier alpha value is -2.05. The molecular formula is C15H18N2O3S. The molecule has 2 aromatic rings. The molecule has 0 heterocycles. The minimum Gasteiger partial charge on any atom is -0.399 e. The van der Waals surface area contributed by atoms with Crippen LogP contribution in [0.4, 0.5) is 11.4 Å². The predicted octanol–water partition coefficient (Wildman–Crippen LogP) is 2.23. The highest BCUT2D eigenvalue weighted by Crippen LogP contribution is 2.13. The highest BCUT2D eigenvalue weighted by atomic mass is 32.2. The minimum atomic E-state index is -3.44. The van der Waals surface area contributed by atoms with Gasteiger partial charge in [0.25, 0.3) is 0 Å². The zero-order chi connectivity index (χ0) is 15.1. The first kappa shape index (κ1) is 15.3. The third-order valence-electron chi connectivity index (χ3n) is 2.77. The Morgan fingerprint density at radius 1 is 1.05 bits per heavy atom. The van der Waals surface area contributed by atoms with Gasteiger partial charge in [0.2, 0.25) is 10.0 Å². The Bertz CT molecular complexity index is 672. The van der Waals surface area contributed by atoms with Gasteiger partial charge in [0.15, 0.2) is 0 Å². The molecule has 0 aromatic heterocycles. The minimum absolute atomic E-state index is 0.103. The van der Waals surface area contributed by atoms with Gasteiger partial charge in [-0.1, -0.05) is 36.4 Å². The van der Waals surface area contributed by atoms with Crippen LogP contribution in [0.2, 0.25) is 0 Å². The molecule has 21 heavy (non-hydrogen) atoms. The lowest BCUT2D eigenvalue weighted by Gasteiger charge is -2.09. The lowest BCUT2D eigenvalue weighted by molar-refractivity contribution is 0.135. The number of hydrogen-bond acceptors (Lipinski definition) is 4. The van der Waals surface area contributed by atoms with Crippen molar-refractivity contribution < 1.29 is 13.2 Å². The van der Waals surface area contributed by atoms with Gasteiger partial charge in [-0.3, -0.25) is 4.72 Å². The molecule has 0 amide bonds. The van der Waals surface area contributed by atoms with Crippen LogP contribution in [0.1, 0.15) is 5.56 Å². The van der Waals surface area contributed by atoms with Crippen LogP contribution in [-0.4, -0.2) is 20.8 Å². The second kappa shape index (κ2) is 7.10. The van der Waals surface area contributed by atoms with Gasteiger partial charge in [-0.15, -0.1) is 0 Å². The van der Waals surface area contributed by atoms with E-state index < -0.39 is 10.0 Å². The first-order chi connectivity index (χ1) is 10.1. The van der Waals surface area contributed by atoms with E-state index in [9.17, 15) is 8.42 Å². The molecule has 0 atom stereocenters. The molecule has 0 aliphatic rings. The third-order valence-corrected chi connectivity index (χ3v) is 4.02. The number of nitrogens with two attached hydrogens (primary N) is 1. The Kier molecular flexibility index (Phi) is 5.19. The summed E-state index contributed by atoms with van der Waals surface area (Å²) in [5.74, 6) is -0.103. The van der Waals surface area contributed by atoms with Crippen LogP contribution in [0, 0.1) is 0 Å². The van der Waals surface area contributed by atoms with E-state index in [0.29, 0.717) is 18.0 Å². The molecule has 112 valence electrons. The topological polar surface area (TPSA) is 81.4 Å². The lowest BCUT2D eigenvalue weighted by atomic mass is 10.2. The maximum absolute atomic E-state index is 11.9. The summed E-state index contributed by atoms with van der Waals surface area (Å²) in [6, 6.07) is 16.2. The van der Waals surface area contributed by atoms with E-state index in [2.05, 4.69) is 4.72 Å². The van der Waals surface area contributed by atoms with Gasteiger partial charge in [-0.2, -0.15) is 0 Å². The maximum Gasteiger partial charge on any atom is 0.235 e. The van der Waals surface area contributed by atoms with Crippen molar-refractivity contribution in [2.45, 2.75) is 6.61 Å². The Balaban J connectivity index is 1.79. The summed E-state index contributed by atoms with van der Waals surface area (Å²) in [4.78, 5) is 0. The second-order valence-corrected chi connectivity index (χ2v) is 6.43. The van der Waals surface area contributed by atoms with Gasteiger partial charge in [0, 0.05) is 5.69 Å². The molecule has 0 saturated carbocycles. The number of sulfonamides is 1. The van der Waals surface area contributed by atoms with Crippen molar-refractivity contribution in [2.24, 2.45) is 0 Å². The van der Waals surface area contributed by atoms with Crippen LogP contribution in [0.15, 0.2) is 54.6 Å². The number of benzene rings is 2. The molecule has 0 spiro atoms. The molecule has 2 rings (SSSR count). The van der Waals surface area contributed by atoms with E-state index in [-0.39, 0.29) is 12.4 Å². The summed E-state index contributed by atoms with van der Waals surface area (Å²) in [5.41, 5.74) is 7.58. The summed E-state index contributed by atoms with van der Waals surface area (Å²) in [6.45, 7) is 0.529. The number of anilines is 2. The first-order valence-corrected chi connectivity index (χ1v) is 8.18. The fourth-order valence-corrected chi connectivity index (χ4v) is 2.69. The molecule has 5 nitrogen and oxygen atoms in total. The van der Waals surface area contributed by atoms with Crippen LogP contribution in [-0.2, 0) is 21.4 Å². The van der Waals surface area contributed by atoms with Crippen LogP contribution in [0.3, 0.4) is 0 Å². The molecule has 0 fully saturated rings. The van der Waals surface area contributed by atoms with Crippen molar-refractivity contribution in [1.82, 2.24) is 0 Å². The second-order valence-electron chi connectivity index (χ2n) is 4.58. The average Bonchev–Trinajstić information content (AvgIpc) is 2.44. The zero-order valence-electron chi connectivity index (χ0n) is 11.5. The maximum atomic E-state index is 11.9. The SMILES string of the molecule is Nc1cccc(NS(=O)(=O)CCOCc2ccccc2)c1. The number of hydrogen-bond donors (Lipinski definition) is 2. The molecule has 0 aliphatic carbocycles. The van der Waals surface area contributed by atoms with Crippen molar-refractivity contribution in [1.29, 1.82) is 0 Å². The van der Waals surface area contributed by atoms with Crippen molar-refractivity contribution in [2.75, 3.05) is 22.8 Å². The Morgan fingerprint density at radius 2 is 1.81 bits per heavy atom. The molecule has 0 saturated heterocycles. The van der Waals surface area contributed by atoms with E-state index in [1.807, 2.05) is 30.3 Å². The van der Waals surface area contributed by atoms with Crippen molar-refractivity contribution in [3.8, 4) is 0 Å². The molecule has 6 heteroatoms. The number of nitrogens with one attached hydrogen (secondary N) is 1. The first-order valence-electron chi connectivity index (χ1n) is 6.53. The van der Waals surface area contributed by atoms with Gasteiger partial charge in [0.05, 0.1) is 24.7 Å². The monoisotopic (exact) mass is 306 g/mol. The molecule has 0 unspecified atom stereocenters. The third kappa shape index (κ3) is 5.45. The number of nitrogen functional groups attached to an aromatic ring is 1. The molecule has 0 radical (unpaired) electrons. The molecule has 3 N–H and O–H groups in total. The molecular weight excluding hydrogens is 288 g/mol. The summed E-state index contributed by atoms with van der Waals surface area (Å²) in [6.07, 6.45) is 0. The fraction of sp³-hybridized carbons (Fsp3) is 0.200. The summed E-state index contributed by atoms with van der Waals surface area (Å²) in [5, 5.41) is 0. The van der Waals surface area contributed by atoms with Crippen molar-refractivity contribution >= 4 is 21.4 Å². The molecule has 2 aromatic carbocycles. The van der Waals surface area contributed by atoms with Gasteiger partial charge in [0.1, 0.15) is 0 Å². The predicted molar refractivity (Wildman–Crippen MR) is 84.4 cm³/mol. The summed E-state index contributed by atoms with van der Waals surface area (Å²) in [7, 11) is -3.44. The van der Waals surface area contributed by atoms with E-state index in [1.165, 1.54) is 0 Å². The fourth-order valence-electron chi connectivity index (χ4n) is 1.77. The van der Waals surface area contributed by atoms with E-state index >= 15 is 0 Å². The van der Waals surface area contributed by atoms with Crippen LogP contribution in [0.5, 0.6) is 0 Å². The van der Waals surface area contributed by atoms with Crippen LogP contribution < -0.4 is 10.5 Å². The number of ether oxygens (including phenoxy) is 1. The van der Waals surface area contributed by atoms with Crippen LogP contribution in [0.25, 0.3) is 0 Å². The van der Waals surface area contributed by atoms with Crippen LogP contribution >= 0.6 is 0 Å². The zero-order valence-corrected chi connectivity index (χ0v) is 12.3. The van der Waals surface area contributed by atoms with Gasteiger partial charge in [-0.05, 0) is 23.8 Å². The van der Waals surface area contributed by atoms with Gasteiger partial charge in [-0.25, -0.2) is 8.42 Å². The number of rotatable bonds is 7. The average molecular weight is 306 g/mol. The van der Waals surface area contributed by atoms with Crippen molar-refractivity contribution in [3.63, 3.8) is 0 Å². The van der Waals surface area contributed by atoms with E-state index in [1.54, 1.807) is 24.3 Å². The van der Waals surface area contributed by atoms with E-state index in [4.69, 9.17) is 10.5 Å². The van der Waals surface area contributed by atoms with Gasteiger partial charge < -0.3 is 10.5 Å². The van der Waals surface area contributed by atoms with E-state index in [0.717, 1.165) is 5.56 Å².